The van der Waals surface area contributed by atoms with Gasteiger partial charge in [0, 0.05) is 35.1 Å². The maximum absolute atomic E-state index is 10.2. The topological polar surface area (TPSA) is 115 Å². The Morgan fingerprint density at radius 1 is 1.07 bits per heavy atom. The second kappa shape index (κ2) is 7.88. The maximum Gasteiger partial charge on any atom is 0.142 e. The Morgan fingerprint density at radius 3 is 2.22 bits per heavy atom. The normalized spacial score (nSPS) is 10.6. The van der Waals surface area contributed by atoms with Crippen molar-refractivity contribution in [2.75, 3.05) is 5.32 Å². The summed E-state index contributed by atoms with van der Waals surface area (Å²) in [6, 6.07) is 15.4. The molecular weight excluding hydrogens is 340 g/mol. The van der Waals surface area contributed by atoms with Crippen LogP contribution in [-0.4, -0.2) is 21.0 Å². The van der Waals surface area contributed by atoms with E-state index in [1.54, 1.807) is 13.1 Å². The van der Waals surface area contributed by atoms with E-state index in [1.807, 2.05) is 48.5 Å². The van der Waals surface area contributed by atoms with E-state index >= 15 is 0 Å². The van der Waals surface area contributed by atoms with E-state index in [-0.39, 0.29) is 18.2 Å². The van der Waals surface area contributed by atoms with Crippen LogP contribution >= 0.6 is 0 Å². The summed E-state index contributed by atoms with van der Waals surface area (Å²) >= 11 is 0. The molecule has 0 saturated carbocycles. The Morgan fingerprint density at radius 2 is 1.67 bits per heavy atom. The van der Waals surface area contributed by atoms with Crippen LogP contribution in [0.25, 0.3) is 11.1 Å². The molecule has 27 heavy (non-hydrogen) atoms. The van der Waals surface area contributed by atoms with Crippen molar-refractivity contribution >= 4 is 11.5 Å². The van der Waals surface area contributed by atoms with Crippen molar-refractivity contribution < 1.29 is 10.2 Å². The van der Waals surface area contributed by atoms with Gasteiger partial charge >= 0.3 is 0 Å². The summed E-state index contributed by atoms with van der Waals surface area (Å²) < 4.78 is 0. The number of hydrogen-bond acceptors (Lipinski definition) is 5. The first-order valence-corrected chi connectivity index (χ1v) is 8.55. The van der Waals surface area contributed by atoms with Crippen molar-refractivity contribution in [2.24, 2.45) is 5.73 Å². The Bertz CT molecular complexity index is 951. The fourth-order valence-electron chi connectivity index (χ4n) is 2.83. The van der Waals surface area contributed by atoms with Crippen LogP contribution in [0.15, 0.2) is 54.7 Å². The summed E-state index contributed by atoms with van der Waals surface area (Å²) in [5.74, 6) is 0.161. The number of aryl methyl sites for hydroxylation is 1. The van der Waals surface area contributed by atoms with Crippen LogP contribution in [0, 0.1) is 12.3 Å². The highest BCUT2D eigenvalue weighted by molar-refractivity contribution is 5.95. The third-order valence-electron chi connectivity index (χ3n) is 4.48. The first kappa shape index (κ1) is 18.4. The molecule has 0 unspecified atom stereocenters. The lowest BCUT2D eigenvalue weighted by Gasteiger charge is -2.13. The molecule has 138 valence electrons. The summed E-state index contributed by atoms with van der Waals surface area (Å²) in [5, 5.41) is 30.4. The standard InChI is InChI=1S/C21H22N4O2/c1-13-20(27)19(17(12-26)10-24-13)11-25-18-8-6-15(7-9-18)14-2-4-16(5-3-14)21(22)23/h2-10,25-27H,11-12H2,1H3,(H3,22,23). The van der Waals surface area contributed by atoms with Gasteiger partial charge in [-0.25, -0.2) is 0 Å². The number of benzene rings is 2. The van der Waals surface area contributed by atoms with E-state index in [0.29, 0.717) is 28.9 Å². The number of aromatic hydroxyl groups is 1. The van der Waals surface area contributed by atoms with Gasteiger partial charge in [-0.05, 0) is 30.2 Å². The lowest BCUT2D eigenvalue weighted by molar-refractivity contribution is 0.279. The van der Waals surface area contributed by atoms with Gasteiger partial charge in [-0.2, -0.15) is 0 Å². The van der Waals surface area contributed by atoms with E-state index < -0.39 is 0 Å². The number of amidine groups is 1. The minimum atomic E-state index is -0.174. The van der Waals surface area contributed by atoms with Crippen LogP contribution in [0.1, 0.15) is 22.4 Å². The number of nitrogen functional groups attached to an aromatic ring is 1. The molecule has 6 N–H and O–H groups in total. The average Bonchev–Trinajstić information content (AvgIpc) is 2.69. The zero-order valence-electron chi connectivity index (χ0n) is 15.0. The predicted octanol–water partition coefficient (Wildman–Crippen LogP) is 3.15. The minimum Gasteiger partial charge on any atom is -0.506 e. The third-order valence-corrected chi connectivity index (χ3v) is 4.48. The molecule has 0 aliphatic heterocycles. The number of aliphatic hydroxyl groups is 1. The van der Waals surface area contributed by atoms with Crippen LogP contribution < -0.4 is 11.1 Å². The molecule has 0 bridgehead atoms. The highest BCUT2D eigenvalue weighted by Gasteiger charge is 2.11. The van der Waals surface area contributed by atoms with Crippen LogP contribution in [0.4, 0.5) is 5.69 Å². The second-order valence-electron chi connectivity index (χ2n) is 6.28. The minimum absolute atomic E-state index is 0.0537. The van der Waals surface area contributed by atoms with Gasteiger partial charge in [0.1, 0.15) is 11.6 Å². The summed E-state index contributed by atoms with van der Waals surface area (Å²) in [5.41, 5.74) is 11.0. The van der Waals surface area contributed by atoms with E-state index in [4.69, 9.17) is 11.1 Å². The molecule has 1 heterocycles. The van der Waals surface area contributed by atoms with Gasteiger partial charge in [0.05, 0.1) is 12.3 Å². The molecule has 2 aromatic carbocycles. The number of rotatable bonds is 6. The van der Waals surface area contributed by atoms with Crippen LogP contribution in [0.2, 0.25) is 0 Å². The SMILES string of the molecule is Cc1ncc(CO)c(CNc2ccc(-c3ccc(C(=N)N)cc3)cc2)c1O. The van der Waals surface area contributed by atoms with Gasteiger partial charge in [-0.1, -0.05) is 36.4 Å². The third kappa shape index (κ3) is 4.07. The zero-order valence-corrected chi connectivity index (χ0v) is 15.0. The molecule has 3 rings (SSSR count). The molecule has 3 aromatic rings. The molecular formula is C21H22N4O2. The van der Waals surface area contributed by atoms with E-state index in [9.17, 15) is 10.2 Å². The predicted molar refractivity (Wildman–Crippen MR) is 107 cm³/mol. The molecule has 6 nitrogen and oxygen atoms in total. The molecule has 0 fully saturated rings. The second-order valence-corrected chi connectivity index (χ2v) is 6.28. The van der Waals surface area contributed by atoms with Crippen LogP contribution in [0.5, 0.6) is 5.75 Å². The Kier molecular flexibility index (Phi) is 5.38. The number of nitrogens with zero attached hydrogens (tertiary/aromatic N) is 1. The van der Waals surface area contributed by atoms with Crippen LogP contribution in [0.3, 0.4) is 0 Å². The fourth-order valence-corrected chi connectivity index (χ4v) is 2.83. The highest BCUT2D eigenvalue weighted by Crippen LogP contribution is 2.26. The monoisotopic (exact) mass is 362 g/mol. The van der Waals surface area contributed by atoms with Gasteiger partial charge in [0.15, 0.2) is 0 Å². The summed E-state index contributed by atoms with van der Waals surface area (Å²) in [6.45, 7) is 1.94. The van der Waals surface area contributed by atoms with Crippen molar-refractivity contribution in [3.8, 4) is 16.9 Å². The molecule has 0 saturated heterocycles. The molecule has 0 aliphatic carbocycles. The highest BCUT2D eigenvalue weighted by atomic mass is 16.3. The maximum atomic E-state index is 10.2. The first-order valence-electron chi connectivity index (χ1n) is 8.55. The number of aromatic nitrogens is 1. The molecule has 0 aliphatic rings. The Balaban J connectivity index is 1.73. The van der Waals surface area contributed by atoms with Gasteiger partial charge < -0.3 is 21.3 Å². The molecule has 1 aromatic heterocycles. The lowest BCUT2D eigenvalue weighted by Crippen LogP contribution is -2.10. The lowest BCUT2D eigenvalue weighted by atomic mass is 10.0. The van der Waals surface area contributed by atoms with Crippen molar-refractivity contribution in [3.05, 3.63) is 77.1 Å². The molecule has 0 amide bonds. The zero-order chi connectivity index (χ0) is 19.4. The first-order chi connectivity index (χ1) is 13.0. The summed E-state index contributed by atoms with van der Waals surface area (Å²) in [4.78, 5) is 4.07. The fraction of sp³-hybridized carbons (Fsp3) is 0.143. The van der Waals surface area contributed by atoms with Crippen molar-refractivity contribution in [3.63, 3.8) is 0 Å². The number of hydrogen-bond donors (Lipinski definition) is 5. The van der Waals surface area contributed by atoms with Crippen molar-refractivity contribution in [1.82, 2.24) is 4.98 Å². The quantitative estimate of drug-likeness (QED) is 0.341. The van der Waals surface area contributed by atoms with Crippen LogP contribution in [-0.2, 0) is 13.2 Å². The van der Waals surface area contributed by atoms with Gasteiger partial charge in [0.2, 0.25) is 0 Å². The van der Waals surface area contributed by atoms with Gasteiger partial charge in [0.25, 0.3) is 0 Å². The number of aliphatic hydroxyl groups excluding tert-OH is 1. The molecule has 0 spiro atoms. The number of nitrogens with two attached hydrogens (primary N) is 1. The molecule has 0 atom stereocenters. The number of anilines is 1. The Hall–Kier alpha value is -3.38. The average molecular weight is 362 g/mol. The summed E-state index contributed by atoms with van der Waals surface area (Å²) in [7, 11) is 0. The largest absolute Gasteiger partial charge is 0.506 e. The molecule has 6 heteroatoms. The summed E-state index contributed by atoms with van der Waals surface area (Å²) in [6.07, 6.45) is 1.58. The smallest absolute Gasteiger partial charge is 0.142 e. The number of nitrogens with one attached hydrogen (secondary N) is 2. The van der Waals surface area contributed by atoms with E-state index in [0.717, 1.165) is 16.8 Å². The van der Waals surface area contributed by atoms with E-state index in [1.165, 1.54) is 0 Å². The van der Waals surface area contributed by atoms with E-state index in [2.05, 4.69) is 10.3 Å². The number of pyridine rings is 1. The molecule has 0 radical (unpaired) electrons. The van der Waals surface area contributed by atoms with Crippen molar-refractivity contribution in [1.29, 1.82) is 5.41 Å². The Labute approximate surface area is 157 Å². The van der Waals surface area contributed by atoms with Gasteiger partial charge in [-0.15, -0.1) is 0 Å². The van der Waals surface area contributed by atoms with Crippen molar-refractivity contribution in [2.45, 2.75) is 20.1 Å². The van der Waals surface area contributed by atoms with Gasteiger partial charge in [-0.3, -0.25) is 10.4 Å².